The Bertz CT molecular complexity index is 1090. The summed E-state index contributed by atoms with van der Waals surface area (Å²) in [5.41, 5.74) is 0.764. The molecule has 0 bridgehead atoms. The van der Waals surface area contributed by atoms with Crippen molar-refractivity contribution in [3.05, 3.63) is 46.5 Å². The van der Waals surface area contributed by atoms with Gasteiger partial charge in [-0.3, -0.25) is 0 Å². The quantitative estimate of drug-likeness (QED) is 0.639. The van der Waals surface area contributed by atoms with Crippen molar-refractivity contribution in [3.8, 4) is 10.6 Å². The van der Waals surface area contributed by atoms with E-state index in [1.54, 1.807) is 32.0 Å². The van der Waals surface area contributed by atoms with Crippen molar-refractivity contribution in [1.29, 1.82) is 0 Å². The van der Waals surface area contributed by atoms with Crippen LogP contribution >= 0.6 is 11.3 Å². The SMILES string of the molecule is Cc1noc(C)c1S(=O)(=O)N1CCC[C@@H](c2nnc(-c3ccccc3F)s2)C1. The Balaban J connectivity index is 1.59. The van der Waals surface area contributed by atoms with Gasteiger partial charge in [0.1, 0.15) is 21.4 Å². The van der Waals surface area contributed by atoms with Gasteiger partial charge < -0.3 is 4.52 Å². The van der Waals surface area contributed by atoms with Crippen molar-refractivity contribution >= 4 is 21.4 Å². The third kappa shape index (κ3) is 3.36. The van der Waals surface area contributed by atoms with Gasteiger partial charge in [-0.2, -0.15) is 4.31 Å². The van der Waals surface area contributed by atoms with Gasteiger partial charge in [0.15, 0.2) is 10.8 Å². The van der Waals surface area contributed by atoms with E-state index >= 15 is 0 Å². The van der Waals surface area contributed by atoms with E-state index in [1.807, 2.05) is 0 Å². The molecule has 4 rings (SSSR count). The fourth-order valence-corrected chi connectivity index (χ4v) is 6.29. The molecule has 0 aliphatic carbocycles. The Hall–Kier alpha value is -2.17. The molecule has 0 saturated carbocycles. The number of halogens is 1. The van der Waals surface area contributed by atoms with Gasteiger partial charge in [-0.15, -0.1) is 10.2 Å². The summed E-state index contributed by atoms with van der Waals surface area (Å²) in [7, 11) is -3.70. The van der Waals surface area contributed by atoms with Crippen LogP contribution in [0.3, 0.4) is 0 Å². The van der Waals surface area contributed by atoms with E-state index < -0.39 is 10.0 Å². The largest absolute Gasteiger partial charge is 0.360 e. The Morgan fingerprint density at radius 1 is 1.25 bits per heavy atom. The molecule has 1 aromatic carbocycles. The topological polar surface area (TPSA) is 89.2 Å². The number of rotatable bonds is 4. The van der Waals surface area contributed by atoms with Gasteiger partial charge in [-0.25, -0.2) is 12.8 Å². The molecule has 1 aliphatic rings. The maximum absolute atomic E-state index is 14.0. The lowest BCUT2D eigenvalue weighted by Crippen LogP contribution is -2.39. The Morgan fingerprint density at radius 3 is 2.75 bits per heavy atom. The van der Waals surface area contributed by atoms with Crippen LogP contribution in [-0.2, 0) is 10.0 Å². The maximum atomic E-state index is 14.0. The van der Waals surface area contributed by atoms with Crippen LogP contribution in [0.5, 0.6) is 0 Å². The Kier molecular flexibility index (Phi) is 5.02. The van der Waals surface area contributed by atoms with Crippen LogP contribution < -0.4 is 0 Å². The second-order valence-electron chi connectivity index (χ2n) is 6.78. The average Bonchev–Trinajstić information content (AvgIpc) is 3.29. The molecule has 3 aromatic rings. The number of hydrogen-bond acceptors (Lipinski definition) is 7. The summed E-state index contributed by atoms with van der Waals surface area (Å²) >= 11 is 1.31. The summed E-state index contributed by atoms with van der Waals surface area (Å²) < 4.78 is 46.7. The van der Waals surface area contributed by atoms with E-state index in [4.69, 9.17) is 4.52 Å². The molecule has 28 heavy (non-hydrogen) atoms. The van der Waals surface area contributed by atoms with Gasteiger partial charge in [0.2, 0.25) is 10.0 Å². The molecule has 0 spiro atoms. The monoisotopic (exact) mass is 422 g/mol. The minimum atomic E-state index is -3.70. The first-order valence-corrected chi connectivity index (χ1v) is 11.1. The minimum Gasteiger partial charge on any atom is -0.360 e. The van der Waals surface area contributed by atoms with Crippen LogP contribution in [0, 0.1) is 19.7 Å². The van der Waals surface area contributed by atoms with Crippen LogP contribution in [0.25, 0.3) is 10.6 Å². The second-order valence-corrected chi connectivity index (χ2v) is 9.66. The van der Waals surface area contributed by atoms with Crippen molar-refractivity contribution in [2.75, 3.05) is 13.1 Å². The smallest absolute Gasteiger partial charge is 0.248 e. The zero-order valence-electron chi connectivity index (χ0n) is 15.4. The molecule has 0 N–H and O–H groups in total. The first kappa shape index (κ1) is 19.2. The predicted octanol–water partition coefficient (Wildman–Crippen LogP) is 3.52. The number of aromatic nitrogens is 3. The fraction of sp³-hybridized carbons (Fsp3) is 0.389. The highest BCUT2D eigenvalue weighted by Gasteiger charge is 2.36. The summed E-state index contributed by atoms with van der Waals surface area (Å²) in [6.07, 6.45) is 1.52. The zero-order chi connectivity index (χ0) is 19.9. The van der Waals surface area contributed by atoms with Gasteiger partial charge in [0.05, 0.1) is 0 Å². The molecule has 0 radical (unpaired) electrons. The van der Waals surface area contributed by atoms with Crippen molar-refractivity contribution in [2.24, 2.45) is 0 Å². The number of sulfonamides is 1. The number of aryl methyl sites for hydroxylation is 2. The molecular weight excluding hydrogens is 403 g/mol. The number of nitrogens with zero attached hydrogens (tertiary/aromatic N) is 4. The molecular formula is C18H19FN4O3S2. The van der Waals surface area contributed by atoms with Crippen LogP contribution in [0.1, 0.15) is 35.2 Å². The summed E-state index contributed by atoms with van der Waals surface area (Å²) in [4.78, 5) is 0.137. The summed E-state index contributed by atoms with van der Waals surface area (Å²) in [6, 6.07) is 6.42. The van der Waals surface area contributed by atoms with Crippen LogP contribution in [0.2, 0.25) is 0 Å². The first-order chi connectivity index (χ1) is 13.4. The summed E-state index contributed by atoms with van der Waals surface area (Å²) in [6.45, 7) is 3.95. The molecule has 0 amide bonds. The fourth-order valence-electron chi connectivity index (χ4n) is 3.48. The van der Waals surface area contributed by atoms with E-state index in [-0.39, 0.29) is 22.4 Å². The van der Waals surface area contributed by atoms with E-state index in [1.165, 1.54) is 21.7 Å². The molecule has 2 aromatic heterocycles. The van der Waals surface area contributed by atoms with Crippen molar-refractivity contribution < 1.29 is 17.3 Å². The molecule has 3 heterocycles. The third-order valence-corrected chi connectivity index (χ3v) is 8.07. The van der Waals surface area contributed by atoms with Crippen molar-refractivity contribution in [3.63, 3.8) is 0 Å². The summed E-state index contributed by atoms with van der Waals surface area (Å²) in [5, 5.41) is 13.3. The first-order valence-electron chi connectivity index (χ1n) is 8.89. The number of piperidine rings is 1. The molecule has 148 valence electrons. The normalized spacial score (nSPS) is 18.5. The maximum Gasteiger partial charge on any atom is 0.248 e. The highest BCUT2D eigenvalue weighted by atomic mass is 32.2. The number of benzene rings is 1. The van der Waals surface area contributed by atoms with Crippen LogP contribution in [0.4, 0.5) is 4.39 Å². The Labute approximate surface area is 166 Å². The minimum absolute atomic E-state index is 0.0815. The highest BCUT2D eigenvalue weighted by molar-refractivity contribution is 7.89. The zero-order valence-corrected chi connectivity index (χ0v) is 17.1. The second kappa shape index (κ2) is 7.34. The van der Waals surface area contributed by atoms with Gasteiger partial charge in [0, 0.05) is 24.6 Å². The van der Waals surface area contributed by atoms with E-state index in [9.17, 15) is 12.8 Å². The van der Waals surface area contributed by atoms with Gasteiger partial charge in [-0.05, 0) is 38.8 Å². The predicted molar refractivity (Wildman–Crippen MR) is 102 cm³/mol. The van der Waals surface area contributed by atoms with Crippen molar-refractivity contribution in [2.45, 2.75) is 37.5 Å². The Morgan fingerprint density at radius 2 is 2.04 bits per heavy atom. The van der Waals surface area contributed by atoms with Crippen molar-refractivity contribution in [1.82, 2.24) is 19.7 Å². The molecule has 1 atom stereocenters. The molecule has 1 saturated heterocycles. The van der Waals surface area contributed by atoms with Crippen LogP contribution in [-0.4, -0.2) is 41.2 Å². The van der Waals surface area contributed by atoms with Gasteiger partial charge in [-0.1, -0.05) is 28.6 Å². The molecule has 1 fully saturated rings. The lowest BCUT2D eigenvalue weighted by atomic mass is 10.0. The molecule has 10 heteroatoms. The number of hydrogen-bond donors (Lipinski definition) is 0. The highest BCUT2D eigenvalue weighted by Crippen LogP contribution is 2.35. The molecule has 7 nitrogen and oxygen atoms in total. The third-order valence-electron chi connectivity index (χ3n) is 4.84. The standard InChI is InChI=1S/C18H19FN4O3S2/c1-11-16(12(2)26-22-11)28(24,25)23-9-5-6-13(10-23)17-20-21-18(27-17)14-7-3-4-8-15(14)19/h3-4,7-8,13H,5-6,9-10H2,1-2H3/t13-/m1/s1. The van der Waals surface area contributed by atoms with E-state index in [0.29, 0.717) is 35.8 Å². The molecule has 1 aliphatic heterocycles. The summed E-state index contributed by atoms with van der Waals surface area (Å²) in [5.74, 6) is -0.143. The van der Waals surface area contributed by atoms with E-state index in [0.717, 1.165) is 11.4 Å². The average molecular weight is 423 g/mol. The van der Waals surface area contributed by atoms with Gasteiger partial charge in [0.25, 0.3) is 0 Å². The lowest BCUT2D eigenvalue weighted by molar-refractivity contribution is 0.314. The van der Waals surface area contributed by atoms with E-state index in [2.05, 4.69) is 15.4 Å². The van der Waals surface area contributed by atoms with Gasteiger partial charge >= 0.3 is 0 Å². The molecule has 0 unspecified atom stereocenters. The van der Waals surface area contributed by atoms with Crippen LogP contribution in [0.15, 0.2) is 33.7 Å². The lowest BCUT2D eigenvalue weighted by Gasteiger charge is -2.30.